The maximum absolute atomic E-state index is 13.2. The van der Waals surface area contributed by atoms with Crippen LogP contribution in [-0.2, 0) is 21.4 Å². The number of nitrogens with one attached hydrogen (secondary N) is 2. The molecule has 0 spiro atoms. The second-order valence-electron chi connectivity index (χ2n) is 8.34. The van der Waals surface area contributed by atoms with Gasteiger partial charge in [-0.05, 0) is 52.9 Å². The molecule has 2 amide bonds. The van der Waals surface area contributed by atoms with E-state index in [4.69, 9.17) is 0 Å². The summed E-state index contributed by atoms with van der Waals surface area (Å²) in [5.41, 5.74) is 5.71. The van der Waals surface area contributed by atoms with Crippen molar-refractivity contribution in [1.29, 1.82) is 0 Å². The van der Waals surface area contributed by atoms with E-state index in [9.17, 15) is 18.0 Å². The topological polar surface area (TPSA) is 108 Å². The zero-order chi connectivity index (χ0) is 25.3. The fraction of sp³-hybridized carbons (Fsp3) is 0.0741. The van der Waals surface area contributed by atoms with E-state index < -0.39 is 15.9 Å². The van der Waals surface area contributed by atoms with Crippen molar-refractivity contribution < 1.29 is 18.0 Å². The Kier molecular flexibility index (Phi) is 5.99. The van der Waals surface area contributed by atoms with Crippen molar-refractivity contribution in [2.24, 2.45) is 5.10 Å². The first-order chi connectivity index (χ1) is 17.3. The predicted molar refractivity (Wildman–Crippen MR) is 140 cm³/mol. The number of amides is 2. The van der Waals surface area contributed by atoms with Crippen LogP contribution in [0.25, 0.3) is 10.8 Å². The lowest BCUT2D eigenvalue weighted by Crippen LogP contribution is -2.26. The molecule has 0 radical (unpaired) electrons. The van der Waals surface area contributed by atoms with E-state index in [-0.39, 0.29) is 12.5 Å². The first-order valence-corrected chi connectivity index (χ1v) is 12.6. The molecule has 1 aliphatic rings. The summed E-state index contributed by atoms with van der Waals surface area (Å²) in [6, 6.07) is 24.6. The van der Waals surface area contributed by atoms with Crippen LogP contribution in [0.3, 0.4) is 0 Å². The van der Waals surface area contributed by atoms with Crippen LogP contribution in [0.5, 0.6) is 0 Å². The van der Waals surface area contributed by atoms with E-state index in [1.807, 2.05) is 24.3 Å². The van der Waals surface area contributed by atoms with E-state index in [1.54, 1.807) is 60.7 Å². The van der Waals surface area contributed by atoms with Crippen molar-refractivity contribution >= 4 is 50.2 Å². The molecule has 0 aliphatic carbocycles. The molecular weight excluding hydrogens is 476 g/mol. The first-order valence-electron chi connectivity index (χ1n) is 11.2. The van der Waals surface area contributed by atoms with Gasteiger partial charge in [0, 0.05) is 23.6 Å². The van der Waals surface area contributed by atoms with E-state index in [0.29, 0.717) is 21.8 Å². The van der Waals surface area contributed by atoms with Gasteiger partial charge in [-0.15, -0.1) is 0 Å². The summed E-state index contributed by atoms with van der Waals surface area (Å²) in [6.07, 6.45) is 1.50. The van der Waals surface area contributed by atoms with Crippen molar-refractivity contribution in [3.8, 4) is 0 Å². The molecule has 180 valence electrons. The molecule has 8 nitrogen and oxygen atoms in total. The molecule has 2 N–H and O–H groups in total. The van der Waals surface area contributed by atoms with Gasteiger partial charge in [-0.1, -0.05) is 48.5 Å². The first kappa shape index (κ1) is 23.3. The van der Waals surface area contributed by atoms with Crippen LogP contribution < -0.4 is 15.0 Å². The molecule has 1 heterocycles. The molecule has 0 saturated heterocycles. The minimum absolute atomic E-state index is 0.154. The van der Waals surface area contributed by atoms with Gasteiger partial charge in [-0.3, -0.25) is 13.9 Å². The van der Waals surface area contributed by atoms with Gasteiger partial charge in [-0.2, -0.15) is 5.10 Å². The van der Waals surface area contributed by atoms with Crippen molar-refractivity contribution in [3.63, 3.8) is 0 Å². The summed E-state index contributed by atoms with van der Waals surface area (Å²) in [4.78, 5) is 23.9. The Morgan fingerprint density at radius 3 is 2.31 bits per heavy atom. The average molecular weight is 499 g/mol. The third-order valence-electron chi connectivity index (χ3n) is 5.83. The molecule has 9 heteroatoms. The number of sulfonamides is 1. The summed E-state index contributed by atoms with van der Waals surface area (Å²) in [6.45, 7) is 1.59. The number of carbonyl (C=O) groups excluding carboxylic acids is 2. The van der Waals surface area contributed by atoms with Crippen LogP contribution in [0.4, 0.5) is 11.4 Å². The van der Waals surface area contributed by atoms with Gasteiger partial charge in [0.1, 0.15) is 0 Å². The number of carbonyl (C=O) groups is 2. The highest BCUT2D eigenvalue weighted by Gasteiger charge is 2.35. The highest BCUT2D eigenvalue weighted by Crippen LogP contribution is 2.42. The fourth-order valence-electron chi connectivity index (χ4n) is 4.14. The molecule has 0 fully saturated rings. The summed E-state index contributed by atoms with van der Waals surface area (Å²) in [5.74, 6) is -0.544. The number of hydrogen-bond acceptors (Lipinski definition) is 5. The number of rotatable bonds is 6. The number of benzene rings is 4. The van der Waals surface area contributed by atoms with E-state index in [2.05, 4.69) is 15.8 Å². The fourth-order valence-corrected chi connectivity index (χ4v) is 5.84. The molecule has 0 bridgehead atoms. The van der Waals surface area contributed by atoms with Crippen molar-refractivity contribution in [1.82, 2.24) is 5.43 Å². The van der Waals surface area contributed by atoms with Crippen LogP contribution in [0.1, 0.15) is 28.4 Å². The number of anilines is 2. The normalized spacial score (nSPS) is 13.8. The van der Waals surface area contributed by atoms with Crippen molar-refractivity contribution in [2.45, 2.75) is 18.4 Å². The van der Waals surface area contributed by atoms with Gasteiger partial charge in [0.2, 0.25) is 5.91 Å². The average Bonchev–Trinajstić information content (AvgIpc) is 3.08. The summed E-state index contributed by atoms with van der Waals surface area (Å²) >= 11 is 0. The highest BCUT2D eigenvalue weighted by atomic mass is 32.2. The van der Waals surface area contributed by atoms with Crippen LogP contribution in [0.15, 0.2) is 94.9 Å². The zero-order valence-electron chi connectivity index (χ0n) is 19.3. The van der Waals surface area contributed by atoms with Crippen molar-refractivity contribution in [2.75, 3.05) is 9.62 Å². The van der Waals surface area contributed by atoms with Crippen LogP contribution in [0, 0.1) is 0 Å². The maximum atomic E-state index is 13.2. The van der Waals surface area contributed by atoms with Gasteiger partial charge in [0.25, 0.3) is 15.9 Å². The predicted octanol–water partition coefficient (Wildman–Crippen LogP) is 4.27. The lowest BCUT2D eigenvalue weighted by molar-refractivity contribution is -0.114. The van der Waals surface area contributed by atoms with E-state index in [0.717, 1.165) is 21.9 Å². The number of nitrogens with zero attached hydrogens (tertiary/aromatic N) is 2. The van der Waals surface area contributed by atoms with E-state index >= 15 is 0 Å². The minimum atomic E-state index is -3.66. The Balaban J connectivity index is 1.25. The molecule has 4 aromatic rings. The monoisotopic (exact) mass is 498 g/mol. The number of hydrazone groups is 1. The van der Waals surface area contributed by atoms with Crippen LogP contribution in [0.2, 0.25) is 0 Å². The molecule has 0 unspecified atom stereocenters. The van der Waals surface area contributed by atoms with Crippen LogP contribution >= 0.6 is 0 Å². The maximum Gasteiger partial charge on any atom is 0.271 e. The van der Waals surface area contributed by atoms with Gasteiger partial charge >= 0.3 is 0 Å². The quantitative estimate of drug-likeness (QED) is 0.306. The highest BCUT2D eigenvalue weighted by molar-refractivity contribution is 7.93. The molecular formula is C27H22N4O4S. The SMILES string of the molecule is CC(=O)Nc1ccc(/C=N\NC(=O)c2ccc(CN3c4cccc5cccc(c45)S3(=O)=O)cc2)cc1. The summed E-state index contributed by atoms with van der Waals surface area (Å²) < 4.78 is 27.7. The number of hydrogen-bond donors (Lipinski definition) is 2. The second-order valence-corrected chi connectivity index (χ2v) is 10.2. The van der Waals surface area contributed by atoms with Crippen LogP contribution in [-0.4, -0.2) is 26.4 Å². The molecule has 1 aliphatic heterocycles. The molecule has 0 saturated carbocycles. The Bertz CT molecular complexity index is 1610. The van der Waals surface area contributed by atoms with E-state index in [1.165, 1.54) is 17.4 Å². The third-order valence-corrected chi connectivity index (χ3v) is 7.64. The van der Waals surface area contributed by atoms with Gasteiger partial charge in [0.15, 0.2) is 0 Å². The molecule has 5 rings (SSSR count). The summed E-state index contributed by atoms with van der Waals surface area (Å²) in [5, 5.41) is 8.27. The largest absolute Gasteiger partial charge is 0.326 e. The molecule has 36 heavy (non-hydrogen) atoms. The molecule has 4 aromatic carbocycles. The smallest absolute Gasteiger partial charge is 0.271 e. The Labute approximate surface area is 208 Å². The molecule has 0 aromatic heterocycles. The summed E-state index contributed by atoms with van der Waals surface area (Å²) in [7, 11) is -3.66. The van der Waals surface area contributed by atoms with Gasteiger partial charge < -0.3 is 5.32 Å². The van der Waals surface area contributed by atoms with Gasteiger partial charge in [-0.25, -0.2) is 13.8 Å². The lowest BCUT2D eigenvalue weighted by atomic mass is 10.1. The van der Waals surface area contributed by atoms with Crippen molar-refractivity contribution in [3.05, 3.63) is 102 Å². The Hall–Kier alpha value is -4.50. The molecule has 0 atom stereocenters. The van der Waals surface area contributed by atoms with Gasteiger partial charge in [0.05, 0.1) is 23.3 Å². The lowest BCUT2D eigenvalue weighted by Gasteiger charge is -2.19. The zero-order valence-corrected chi connectivity index (χ0v) is 20.1. The minimum Gasteiger partial charge on any atom is -0.326 e. The second kappa shape index (κ2) is 9.27. The Morgan fingerprint density at radius 2 is 1.61 bits per heavy atom. The standard InChI is InChI=1S/C27H22N4O4S/c1-18(32)29-23-14-10-19(11-15-23)16-28-30-27(33)22-12-8-20(9-13-22)17-31-24-6-2-4-21-5-3-7-25(26(21)24)36(31,34)35/h2-16H,17H2,1H3,(H,29,32)(H,30,33)/b28-16-. The third kappa shape index (κ3) is 4.44. The Morgan fingerprint density at radius 1 is 0.917 bits per heavy atom.